The molecule has 0 radical (unpaired) electrons. The van der Waals surface area contributed by atoms with E-state index in [9.17, 15) is 0 Å². The maximum absolute atomic E-state index is 4.05. The minimum atomic E-state index is 0.746. The van der Waals surface area contributed by atoms with Gasteiger partial charge in [-0.1, -0.05) is 34.2 Å². The smallest absolute Gasteiger partial charge is 0.0830 e. The van der Waals surface area contributed by atoms with Crippen LogP contribution in [0.3, 0.4) is 0 Å². The summed E-state index contributed by atoms with van der Waals surface area (Å²) in [4.78, 5) is 4.05. The molecule has 3 heteroatoms. The minimum absolute atomic E-state index is 0.746. The van der Waals surface area contributed by atoms with Gasteiger partial charge in [0.1, 0.15) is 0 Å². The van der Waals surface area contributed by atoms with Crippen LogP contribution in [0, 0.1) is 0 Å². The van der Waals surface area contributed by atoms with E-state index in [1.54, 1.807) is 6.34 Å². The van der Waals surface area contributed by atoms with Crippen molar-refractivity contribution in [3.63, 3.8) is 0 Å². The number of halogens is 1. The van der Waals surface area contributed by atoms with Crippen molar-refractivity contribution in [3.05, 3.63) is 22.7 Å². The highest BCUT2D eigenvalue weighted by molar-refractivity contribution is 9.11. The number of nitrogens with zero attached hydrogens (tertiary/aromatic N) is 1. The first kappa shape index (κ1) is 7.54. The average molecular weight is 201 g/mol. The molecule has 1 rings (SSSR count). The Bertz CT molecular complexity index is 182. The lowest BCUT2D eigenvalue weighted by Crippen LogP contribution is -2.10. The van der Waals surface area contributed by atoms with Crippen molar-refractivity contribution in [1.29, 1.82) is 0 Å². The molecule has 10 heavy (non-hydrogen) atoms. The summed E-state index contributed by atoms with van der Waals surface area (Å²) in [6, 6.07) is 0. The first-order valence-electron chi connectivity index (χ1n) is 3.13. The molecule has 0 amide bonds. The highest BCUT2D eigenvalue weighted by atomic mass is 79.9. The Kier molecular flexibility index (Phi) is 3.22. The molecule has 0 bridgehead atoms. The van der Waals surface area contributed by atoms with Crippen LogP contribution in [0.4, 0.5) is 0 Å². The van der Waals surface area contributed by atoms with Gasteiger partial charge in [-0.2, -0.15) is 0 Å². The van der Waals surface area contributed by atoms with Crippen LogP contribution in [0.15, 0.2) is 27.7 Å². The number of rotatable bonds is 0. The molecule has 0 aromatic heterocycles. The maximum Gasteiger partial charge on any atom is 0.0830 e. The van der Waals surface area contributed by atoms with Gasteiger partial charge in [-0.15, -0.1) is 0 Å². The van der Waals surface area contributed by atoms with Gasteiger partial charge in [0.25, 0.3) is 0 Å². The quantitative estimate of drug-likeness (QED) is 0.630. The molecule has 0 atom stereocenters. The summed E-state index contributed by atoms with van der Waals surface area (Å²) in [5.74, 6) is 0. The van der Waals surface area contributed by atoms with Gasteiger partial charge in [0.15, 0.2) is 0 Å². The number of aliphatic imine (C=N–C) groups is 1. The number of hydrogen-bond donors (Lipinski definition) is 1. The molecule has 0 saturated carbocycles. The maximum atomic E-state index is 4.05. The third kappa shape index (κ3) is 2.82. The molecule has 0 fully saturated rings. The van der Waals surface area contributed by atoms with Crippen LogP contribution in [0.2, 0.25) is 0 Å². The van der Waals surface area contributed by atoms with E-state index in [0.29, 0.717) is 0 Å². The van der Waals surface area contributed by atoms with E-state index in [1.807, 2.05) is 18.2 Å². The highest BCUT2D eigenvalue weighted by Crippen LogP contribution is 2.05. The zero-order chi connectivity index (χ0) is 7.23. The standard InChI is InChI=1S/C7H9BrN2/c8-7-2-1-4-9-6-10-5-3-7/h1-3,6H,4-5H2,(H,9,10)/b2-1-,7-3+. The van der Waals surface area contributed by atoms with Crippen molar-refractivity contribution >= 4 is 22.3 Å². The third-order valence-corrected chi connectivity index (χ3v) is 1.67. The van der Waals surface area contributed by atoms with E-state index in [4.69, 9.17) is 0 Å². The van der Waals surface area contributed by atoms with Crippen molar-refractivity contribution in [1.82, 2.24) is 5.32 Å². The lowest BCUT2D eigenvalue weighted by atomic mass is 10.4. The minimum Gasteiger partial charge on any atom is -0.373 e. The summed E-state index contributed by atoms with van der Waals surface area (Å²) < 4.78 is 1.10. The molecule has 0 spiro atoms. The van der Waals surface area contributed by atoms with Gasteiger partial charge in [-0.05, 0) is 0 Å². The number of nitrogens with one attached hydrogen (secondary N) is 1. The van der Waals surface area contributed by atoms with Crippen LogP contribution in [-0.4, -0.2) is 19.4 Å². The SMILES string of the molecule is BrC1=C/CNC=NC/C=C\1. The van der Waals surface area contributed by atoms with Crippen LogP contribution in [0.5, 0.6) is 0 Å². The summed E-state index contributed by atoms with van der Waals surface area (Å²) in [5, 5.41) is 3.02. The summed E-state index contributed by atoms with van der Waals surface area (Å²) in [6.07, 6.45) is 7.79. The number of hydrogen-bond acceptors (Lipinski definition) is 2. The molecule has 1 N–H and O–H groups in total. The van der Waals surface area contributed by atoms with Crippen LogP contribution in [0.25, 0.3) is 0 Å². The lowest BCUT2D eigenvalue weighted by molar-refractivity contribution is 1.05. The molecule has 1 aliphatic heterocycles. The molecule has 1 heterocycles. The van der Waals surface area contributed by atoms with Gasteiger partial charge in [0, 0.05) is 11.0 Å². The fraction of sp³-hybridized carbons (Fsp3) is 0.286. The normalized spacial score (nSPS) is 26.7. The van der Waals surface area contributed by atoms with E-state index >= 15 is 0 Å². The second-order valence-electron chi connectivity index (χ2n) is 1.89. The molecule has 0 aromatic rings. The van der Waals surface area contributed by atoms with E-state index in [0.717, 1.165) is 17.6 Å². The highest BCUT2D eigenvalue weighted by Gasteiger charge is 1.84. The van der Waals surface area contributed by atoms with Crippen LogP contribution >= 0.6 is 15.9 Å². The third-order valence-electron chi connectivity index (χ3n) is 1.09. The molecule has 0 unspecified atom stereocenters. The van der Waals surface area contributed by atoms with Crippen LogP contribution < -0.4 is 5.32 Å². The topological polar surface area (TPSA) is 24.4 Å². The zero-order valence-electron chi connectivity index (χ0n) is 5.55. The fourth-order valence-electron chi connectivity index (χ4n) is 0.621. The Morgan fingerprint density at radius 1 is 1.60 bits per heavy atom. The van der Waals surface area contributed by atoms with Gasteiger partial charge in [-0.25, -0.2) is 0 Å². The molecule has 0 aliphatic carbocycles. The van der Waals surface area contributed by atoms with E-state index < -0.39 is 0 Å². The Labute approximate surface area is 68.9 Å². The van der Waals surface area contributed by atoms with Crippen molar-refractivity contribution in [2.24, 2.45) is 4.99 Å². The van der Waals surface area contributed by atoms with Gasteiger partial charge >= 0.3 is 0 Å². The monoisotopic (exact) mass is 200 g/mol. The van der Waals surface area contributed by atoms with E-state index in [-0.39, 0.29) is 0 Å². The molecule has 54 valence electrons. The van der Waals surface area contributed by atoms with E-state index in [1.165, 1.54) is 0 Å². The summed E-state index contributed by atoms with van der Waals surface area (Å²) in [6.45, 7) is 1.57. The first-order chi connectivity index (χ1) is 4.89. The van der Waals surface area contributed by atoms with Gasteiger partial charge in [0.05, 0.1) is 12.9 Å². The summed E-state index contributed by atoms with van der Waals surface area (Å²) >= 11 is 3.39. The second kappa shape index (κ2) is 4.28. The number of allylic oxidation sites excluding steroid dienone is 2. The Morgan fingerprint density at radius 3 is 3.40 bits per heavy atom. The van der Waals surface area contributed by atoms with Crippen LogP contribution in [-0.2, 0) is 0 Å². The first-order valence-corrected chi connectivity index (χ1v) is 3.93. The van der Waals surface area contributed by atoms with Crippen molar-refractivity contribution < 1.29 is 0 Å². The van der Waals surface area contributed by atoms with E-state index in [2.05, 4.69) is 26.2 Å². The predicted octanol–water partition coefficient (Wildman–Crippen LogP) is 1.45. The molecule has 0 aromatic carbocycles. The largest absolute Gasteiger partial charge is 0.373 e. The Balaban J connectivity index is 2.56. The van der Waals surface area contributed by atoms with Crippen molar-refractivity contribution in [2.45, 2.75) is 0 Å². The average Bonchev–Trinajstić information content (AvgIpc) is 2.02. The van der Waals surface area contributed by atoms with Gasteiger partial charge in [0.2, 0.25) is 0 Å². The molecule has 1 aliphatic rings. The summed E-state index contributed by atoms with van der Waals surface area (Å²) in [5.41, 5.74) is 0. The van der Waals surface area contributed by atoms with Crippen LogP contribution in [0.1, 0.15) is 0 Å². The fourth-order valence-corrected chi connectivity index (χ4v) is 0.969. The lowest BCUT2D eigenvalue weighted by Gasteiger charge is -1.90. The van der Waals surface area contributed by atoms with Crippen molar-refractivity contribution in [3.8, 4) is 0 Å². The Hall–Kier alpha value is -0.570. The molecular weight excluding hydrogens is 192 g/mol. The second-order valence-corrected chi connectivity index (χ2v) is 2.81. The van der Waals surface area contributed by atoms with Gasteiger partial charge in [-0.3, -0.25) is 4.99 Å². The zero-order valence-corrected chi connectivity index (χ0v) is 7.13. The van der Waals surface area contributed by atoms with Gasteiger partial charge < -0.3 is 5.32 Å². The summed E-state index contributed by atoms with van der Waals surface area (Å²) in [7, 11) is 0. The predicted molar refractivity (Wildman–Crippen MR) is 47.5 cm³/mol. The van der Waals surface area contributed by atoms with Crippen molar-refractivity contribution in [2.75, 3.05) is 13.1 Å². The Morgan fingerprint density at radius 2 is 2.50 bits per heavy atom. The molecule has 2 nitrogen and oxygen atoms in total. The molecular formula is C7H9BrN2. The molecule has 0 saturated heterocycles.